The van der Waals surface area contributed by atoms with Crippen LogP contribution in [-0.2, 0) is 10.0 Å². The van der Waals surface area contributed by atoms with Crippen molar-refractivity contribution in [2.45, 2.75) is 16.2 Å². The average Bonchev–Trinajstić information content (AvgIpc) is 3.04. The largest absolute Gasteiger partial charge is 0.457 e. The third-order valence-corrected chi connectivity index (χ3v) is 6.92. The molecule has 2 unspecified atom stereocenters. The van der Waals surface area contributed by atoms with E-state index in [9.17, 15) is 13.2 Å². The number of likely N-dealkylation sites (tertiary alicyclic amines) is 1. The van der Waals surface area contributed by atoms with Gasteiger partial charge in [-0.3, -0.25) is 0 Å². The summed E-state index contributed by atoms with van der Waals surface area (Å²) in [7, 11) is -2.26. The van der Waals surface area contributed by atoms with E-state index in [4.69, 9.17) is 10.5 Å². The molecule has 2 N–H and O–H groups in total. The topological polar surface area (TPSA) is 92.9 Å². The first-order valence-electron chi connectivity index (χ1n) is 8.32. The molecule has 27 heavy (non-hydrogen) atoms. The van der Waals surface area contributed by atoms with E-state index in [1.807, 2.05) is 30.3 Å². The van der Waals surface area contributed by atoms with Crippen LogP contribution in [0.3, 0.4) is 0 Å². The van der Waals surface area contributed by atoms with Crippen LogP contribution in [0.25, 0.3) is 0 Å². The molecule has 2 aromatic rings. The molecular weight excluding hydrogens is 386 g/mol. The van der Waals surface area contributed by atoms with Crippen LogP contribution in [0, 0.1) is 0 Å². The van der Waals surface area contributed by atoms with Gasteiger partial charge in [0.25, 0.3) is 0 Å². The summed E-state index contributed by atoms with van der Waals surface area (Å²) in [6.07, 6.45) is 0. The lowest BCUT2D eigenvalue weighted by atomic mass is 10.3. The molecule has 0 spiro atoms. The second-order valence-electron chi connectivity index (χ2n) is 6.29. The van der Waals surface area contributed by atoms with Gasteiger partial charge in [0, 0.05) is 25.4 Å². The van der Waals surface area contributed by atoms with Crippen molar-refractivity contribution < 1.29 is 17.9 Å². The first-order chi connectivity index (χ1) is 12.8. The smallest absolute Gasteiger partial charge is 0.314 e. The molecule has 1 aliphatic heterocycles. The van der Waals surface area contributed by atoms with Crippen molar-refractivity contribution in [3.8, 4) is 11.5 Å². The van der Waals surface area contributed by atoms with E-state index in [2.05, 4.69) is 12.6 Å². The van der Waals surface area contributed by atoms with E-state index >= 15 is 0 Å². The Hall–Kier alpha value is -2.23. The number of carbonyl (C=O) groups is 1. The fourth-order valence-corrected chi connectivity index (χ4v) is 4.92. The number of thiol groups is 1. The maximum absolute atomic E-state index is 12.9. The highest BCUT2D eigenvalue weighted by Gasteiger charge is 2.39. The van der Waals surface area contributed by atoms with Gasteiger partial charge in [-0.1, -0.05) is 18.2 Å². The van der Waals surface area contributed by atoms with Crippen LogP contribution in [0.1, 0.15) is 0 Å². The van der Waals surface area contributed by atoms with Gasteiger partial charge < -0.3 is 15.4 Å². The van der Waals surface area contributed by atoms with E-state index < -0.39 is 22.1 Å². The molecule has 0 radical (unpaired) electrons. The molecule has 1 aliphatic rings. The van der Waals surface area contributed by atoms with E-state index in [0.717, 1.165) is 0 Å². The van der Waals surface area contributed by atoms with Gasteiger partial charge in [-0.25, -0.2) is 13.2 Å². The Labute approximate surface area is 164 Å². The fourth-order valence-electron chi connectivity index (χ4n) is 2.96. The number of benzene rings is 2. The number of para-hydroxylation sites is 1. The van der Waals surface area contributed by atoms with Crippen LogP contribution in [0.15, 0.2) is 59.5 Å². The SMILES string of the molecule is CN(C1CN(C(N)=O)CC1S)S(=O)(=O)c1ccc(Oc2ccccc2)cc1. The zero-order valence-electron chi connectivity index (χ0n) is 14.7. The summed E-state index contributed by atoms with van der Waals surface area (Å²) in [5, 5.41) is -0.307. The van der Waals surface area contributed by atoms with Crippen molar-refractivity contribution in [2.75, 3.05) is 20.1 Å². The third kappa shape index (κ3) is 4.20. The molecule has 2 aromatic carbocycles. The van der Waals surface area contributed by atoms with Gasteiger partial charge in [-0.15, -0.1) is 0 Å². The van der Waals surface area contributed by atoms with Crippen molar-refractivity contribution >= 4 is 28.7 Å². The lowest BCUT2D eigenvalue weighted by molar-refractivity contribution is 0.215. The Kier molecular flexibility index (Phi) is 5.64. The van der Waals surface area contributed by atoms with E-state index in [0.29, 0.717) is 18.0 Å². The zero-order valence-corrected chi connectivity index (χ0v) is 16.4. The standard InChI is InChI=1S/C18H21N3O4S2/c1-20(16-11-21(18(19)22)12-17(16)26)27(23,24)15-9-7-14(8-10-15)25-13-5-3-2-4-6-13/h2-10,16-17,26H,11-12H2,1H3,(H2,19,22). The number of amides is 2. The first-order valence-corrected chi connectivity index (χ1v) is 10.3. The van der Waals surface area contributed by atoms with Gasteiger partial charge >= 0.3 is 6.03 Å². The predicted molar refractivity (Wildman–Crippen MR) is 106 cm³/mol. The van der Waals surface area contributed by atoms with Crippen molar-refractivity contribution in [1.82, 2.24) is 9.21 Å². The minimum atomic E-state index is -3.74. The van der Waals surface area contributed by atoms with Crippen LogP contribution in [0.4, 0.5) is 4.79 Å². The molecule has 1 saturated heterocycles. The van der Waals surface area contributed by atoms with Crippen molar-refractivity contribution in [3.63, 3.8) is 0 Å². The molecule has 0 saturated carbocycles. The molecule has 1 fully saturated rings. The Morgan fingerprint density at radius 1 is 1.11 bits per heavy atom. The molecule has 144 valence electrons. The summed E-state index contributed by atoms with van der Waals surface area (Å²) in [5.41, 5.74) is 5.29. The molecule has 1 heterocycles. The Bertz CT molecular complexity index is 904. The van der Waals surface area contributed by atoms with Crippen molar-refractivity contribution in [1.29, 1.82) is 0 Å². The average molecular weight is 408 g/mol. The summed E-state index contributed by atoms with van der Waals surface area (Å²) in [6.45, 7) is 0.529. The number of hydrogen-bond acceptors (Lipinski definition) is 5. The fraction of sp³-hybridized carbons (Fsp3) is 0.278. The number of hydrogen-bond donors (Lipinski definition) is 2. The maximum atomic E-state index is 12.9. The van der Waals surface area contributed by atoms with E-state index in [1.165, 1.54) is 28.4 Å². The molecule has 2 atom stereocenters. The van der Waals surface area contributed by atoms with Crippen LogP contribution in [0.5, 0.6) is 11.5 Å². The van der Waals surface area contributed by atoms with Gasteiger partial charge in [0.05, 0.1) is 10.9 Å². The van der Waals surface area contributed by atoms with Gasteiger partial charge in [0.1, 0.15) is 11.5 Å². The third-order valence-electron chi connectivity index (χ3n) is 4.52. The zero-order chi connectivity index (χ0) is 19.6. The maximum Gasteiger partial charge on any atom is 0.314 e. The molecule has 7 nitrogen and oxygen atoms in total. The minimum absolute atomic E-state index is 0.142. The normalized spacial score (nSPS) is 20.0. The Morgan fingerprint density at radius 3 is 2.26 bits per heavy atom. The van der Waals surface area contributed by atoms with Gasteiger partial charge in [-0.05, 0) is 36.4 Å². The molecule has 0 aromatic heterocycles. The van der Waals surface area contributed by atoms with E-state index in [1.54, 1.807) is 12.1 Å². The lowest BCUT2D eigenvalue weighted by Crippen LogP contribution is -2.43. The highest BCUT2D eigenvalue weighted by molar-refractivity contribution is 7.89. The molecular formula is C18H21N3O4S2. The number of sulfonamides is 1. The van der Waals surface area contributed by atoms with E-state index in [-0.39, 0.29) is 16.7 Å². The summed E-state index contributed by atoms with van der Waals surface area (Å²) in [5.74, 6) is 1.20. The number of primary amides is 1. The van der Waals surface area contributed by atoms with Crippen LogP contribution in [-0.4, -0.2) is 55.1 Å². The van der Waals surface area contributed by atoms with Gasteiger partial charge in [0.2, 0.25) is 10.0 Å². The molecule has 2 amide bonds. The number of nitrogens with two attached hydrogens (primary N) is 1. The predicted octanol–water partition coefficient (Wildman–Crippen LogP) is 2.16. The molecule has 0 bridgehead atoms. The van der Waals surface area contributed by atoms with Crippen molar-refractivity contribution in [2.24, 2.45) is 5.73 Å². The second-order valence-corrected chi connectivity index (χ2v) is 8.95. The minimum Gasteiger partial charge on any atom is -0.457 e. The number of ether oxygens (including phenoxy) is 1. The Balaban J connectivity index is 1.75. The van der Waals surface area contributed by atoms with Crippen LogP contribution >= 0.6 is 12.6 Å². The molecule has 9 heteroatoms. The van der Waals surface area contributed by atoms with Crippen molar-refractivity contribution in [3.05, 3.63) is 54.6 Å². The monoisotopic (exact) mass is 407 g/mol. The number of urea groups is 1. The quantitative estimate of drug-likeness (QED) is 0.743. The summed E-state index contributed by atoms with van der Waals surface area (Å²) < 4.78 is 32.8. The number of carbonyl (C=O) groups excluding carboxylic acids is 1. The highest BCUT2D eigenvalue weighted by Crippen LogP contribution is 2.27. The summed E-state index contributed by atoms with van der Waals surface area (Å²) >= 11 is 4.42. The number of rotatable bonds is 5. The number of nitrogens with zero attached hydrogens (tertiary/aromatic N) is 2. The lowest BCUT2D eigenvalue weighted by Gasteiger charge is -2.26. The Morgan fingerprint density at radius 2 is 1.70 bits per heavy atom. The van der Waals surface area contributed by atoms with Crippen LogP contribution in [0.2, 0.25) is 0 Å². The second kappa shape index (κ2) is 7.79. The highest BCUT2D eigenvalue weighted by atomic mass is 32.2. The summed E-state index contributed by atoms with van der Waals surface area (Å²) in [6, 6.07) is 14.4. The van der Waals surface area contributed by atoms with Crippen LogP contribution < -0.4 is 10.5 Å². The molecule has 3 rings (SSSR count). The van der Waals surface area contributed by atoms with Gasteiger partial charge in [-0.2, -0.15) is 16.9 Å². The first kappa shape index (κ1) is 19.5. The summed E-state index contributed by atoms with van der Waals surface area (Å²) in [4.78, 5) is 12.9. The number of likely N-dealkylation sites (N-methyl/N-ethyl adjacent to an activating group) is 1. The molecule has 0 aliphatic carbocycles. The van der Waals surface area contributed by atoms with Gasteiger partial charge in [0.15, 0.2) is 0 Å².